The summed E-state index contributed by atoms with van der Waals surface area (Å²) in [4.78, 5) is 7.29. The van der Waals surface area contributed by atoms with Crippen LogP contribution in [-0.4, -0.2) is 9.97 Å². The predicted molar refractivity (Wildman–Crippen MR) is 61.2 cm³/mol. The molecular formula is C11H9F3N4. The number of anilines is 3. The molecule has 94 valence electrons. The number of hydrogen-bond donors (Lipinski definition) is 2. The number of nitrogens with zero attached hydrogens (tertiary/aromatic N) is 2. The zero-order valence-corrected chi connectivity index (χ0v) is 9.07. The van der Waals surface area contributed by atoms with E-state index >= 15 is 0 Å². The number of alkyl halides is 3. The molecule has 0 bridgehead atoms. The van der Waals surface area contributed by atoms with Crippen LogP contribution < -0.4 is 11.1 Å². The third-order valence-corrected chi connectivity index (χ3v) is 2.11. The lowest BCUT2D eigenvalue weighted by molar-refractivity contribution is -0.141. The van der Waals surface area contributed by atoms with Crippen molar-refractivity contribution in [3.05, 3.63) is 42.4 Å². The number of nitrogen functional groups attached to an aromatic ring is 1. The van der Waals surface area contributed by atoms with Gasteiger partial charge in [0.2, 0.25) is 0 Å². The van der Waals surface area contributed by atoms with Crippen molar-refractivity contribution < 1.29 is 13.2 Å². The van der Waals surface area contributed by atoms with Gasteiger partial charge in [-0.1, -0.05) is 0 Å². The van der Waals surface area contributed by atoms with Gasteiger partial charge in [-0.25, -0.2) is 9.97 Å². The second-order valence-electron chi connectivity index (χ2n) is 3.53. The highest BCUT2D eigenvalue weighted by molar-refractivity contribution is 5.58. The van der Waals surface area contributed by atoms with E-state index in [0.29, 0.717) is 17.2 Å². The van der Waals surface area contributed by atoms with Crippen molar-refractivity contribution in [1.29, 1.82) is 0 Å². The molecule has 0 atom stereocenters. The number of aromatic nitrogens is 2. The monoisotopic (exact) mass is 254 g/mol. The first-order chi connectivity index (χ1) is 8.45. The molecule has 7 heteroatoms. The first-order valence-electron chi connectivity index (χ1n) is 4.97. The van der Waals surface area contributed by atoms with Gasteiger partial charge in [-0.2, -0.15) is 13.2 Å². The molecule has 0 radical (unpaired) electrons. The Morgan fingerprint density at radius 3 is 2.44 bits per heavy atom. The Bertz CT molecular complexity index is 537. The summed E-state index contributed by atoms with van der Waals surface area (Å²) in [7, 11) is 0. The number of pyridine rings is 2. The summed E-state index contributed by atoms with van der Waals surface area (Å²) in [5, 5.41) is 2.80. The van der Waals surface area contributed by atoms with Crippen molar-refractivity contribution in [2.24, 2.45) is 0 Å². The molecule has 2 heterocycles. The molecule has 2 aromatic rings. The molecule has 0 aromatic carbocycles. The molecule has 0 aliphatic carbocycles. The quantitative estimate of drug-likeness (QED) is 0.864. The van der Waals surface area contributed by atoms with Crippen molar-refractivity contribution >= 4 is 17.2 Å². The van der Waals surface area contributed by atoms with Crippen molar-refractivity contribution in [3.8, 4) is 0 Å². The van der Waals surface area contributed by atoms with E-state index in [9.17, 15) is 13.2 Å². The van der Waals surface area contributed by atoms with Gasteiger partial charge in [0.1, 0.15) is 11.5 Å². The van der Waals surface area contributed by atoms with Crippen LogP contribution in [-0.2, 0) is 6.18 Å². The minimum absolute atomic E-state index is 0.404. The molecule has 0 unspecified atom stereocenters. The molecule has 4 nitrogen and oxygen atoms in total. The zero-order chi connectivity index (χ0) is 13.2. The molecule has 0 spiro atoms. The van der Waals surface area contributed by atoms with Crippen LogP contribution in [0.1, 0.15) is 5.69 Å². The number of nitrogens with one attached hydrogen (secondary N) is 1. The maximum Gasteiger partial charge on any atom is 0.433 e. The van der Waals surface area contributed by atoms with E-state index in [4.69, 9.17) is 5.73 Å². The fraction of sp³-hybridized carbons (Fsp3) is 0.0909. The van der Waals surface area contributed by atoms with Crippen LogP contribution in [0.25, 0.3) is 0 Å². The molecule has 18 heavy (non-hydrogen) atoms. The smallest absolute Gasteiger partial charge is 0.399 e. The van der Waals surface area contributed by atoms with E-state index in [1.165, 1.54) is 12.3 Å². The highest BCUT2D eigenvalue weighted by Crippen LogP contribution is 2.28. The van der Waals surface area contributed by atoms with E-state index < -0.39 is 11.9 Å². The summed E-state index contributed by atoms with van der Waals surface area (Å²) < 4.78 is 36.9. The second-order valence-corrected chi connectivity index (χ2v) is 3.53. The number of rotatable bonds is 2. The lowest BCUT2D eigenvalue weighted by atomic mass is 10.3. The van der Waals surface area contributed by atoms with Crippen LogP contribution in [0.2, 0.25) is 0 Å². The predicted octanol–water partition coefficient (Wildman–Crippen LogP) is 2.82. The maximum absolute atomic E-state index is 12.3. The lowest BCUT2D eigenvalue weighted by Gasteiger charge is -2.08. The topological polar surface area (TPSA) is 63.8 Å². The summed E-state index contributed by atoms with van der Waals surface area (Å²) in [5.41, 5.74) is 5.52. The summed E-state index contributed by atoms with van der Waals surface area (Å²) in [6.07, 6.45) is -1.85. The molecule has 0 saturated carbocycles. The largest absolute Gasteiger partial charge is 0.433 e. The summed E-state index contributed by atoms with van der Waals surface area (Å²) in [5.74, 6) is 0.441. The normalized spacial score (nSPS) is 11.3. The van der Waals surface area contributed by atoms with E-state index in [1.807, 2.05) is 0 Å². The van der Waals surface area contributed by atoms with Crippen molar-refractivity contribution in [2.45, 2.75) is 6.18 Å². The Kier molecular flexibility index (Phi) is 3.05. The van der Waals surface area contributed by atoms with E-state index in [-0.39, 0.29) is 0 Å². The van der Waals surface area contributed by atoms with Gasteiger partial charge in [0.25, 0.3) is 0 Å². The van der Waals surface area contributed by atoms with Crippen molar-refractivity contribution in [3.63, 3.8) is 0 Å². The minimum atomic E-state index is -4.44. The lowest BCUT2D eigenvalue weighted by Crippen LogP contribution is -2.07. The van der Waals surface area contributed by atoms with E-state index in [0.717, 1.165) is 12.3 Å². The van der Waals surface area contributed by atoms with Gasteiger partial charge >= 0.3 is 6.18 Å². The van der Waals surface area contributed by atoms with Crippen LogP contribution >= 0.6 is 0 Å². The van der Waals surface area contributed by atoms with Gasteiger partial charge in [0.05, 0.1) is 11.9 Å². The Morgan fingerprint density at radius 1 is 1.11 bits per heavy atom. The summed E-state index contributed by atoms with van der Waals surface area (Å²) >= 11 is 0. The standard InChI is InChI=1S/C11H9F3N4/c12-11(13,14)9-2-1-8(6-17-9)18-10-5-7(15)3-4-16-10/h1-6H,(H3,15,16,18). The van der Waals surface area contributed by atoms with Gasteiger partial charge in [-0.3, -0.25) is 0 Å². The van der Waals surface area contributed by atoms with Gasteiger partial charge in [0, 0.05) is 18.0 Å². The van der Waals surface area contributed by atoms with E-state index in [2.05, 4.69) is 15.3 Å². The number of nitrogens with two attached hydrogens (primary N) is 1. The Morgan fingerprint density at radius 2 is 1.89 bits per heavy atom. The van der Waals surface area contributed by atoms with Crippen LogP contribution in [0.3, 0.4) is 0 Å². The van der Waals surface area contributed by atoms with Crippen molar-refractivity contribution in [1.82, 2.24) is 9.97 Å². The molecule has 0 fully saturated rings. The zero-order valence-electron chi connectivity index (χ0n) is 9.07. The Labute approximate surface area is 101 Å². The highest BCUT2D eigenvalue weighted by Gasteiger charge is 2.31. The molecule has 3 N–H and O–H groups in total. The summed E-state index contributed by atoms with van der Waals surface area (Å²) in [6, 6.07) is 5.35. The fourth-order valence-electron chi connectivity index (χ4n) is 1.30. The number of halogens is 3. The SMILES string of the molecule is Nc1ccnc(Nc2ccc(C(F)(F)F)nc2)c1. The molecule has 2 aromatic heterocycles. The van der Waals surface area contributed by atoms with Gasteiger partial charge in [-0.15, -0.1) is 0 Å². The van der Waals surface area contributed by atoms with Gasteiger partial charge in [-0.05, 0) is 18.2 Å². The third-order valence-electron chi connectivity index (χ3n) is 2.11. The average Bonchev–Trinajstić information content (AvgIpc) is 2.28. The maximum atomic E-state index is 12.3. The summed E-state index contributed by atoms with van der Waals surface area (Å²) in [6.45, 7) is 0. The third kappa shape index (κ3) is 2.88. The molecule has 0 amide bonds. The van der Waals surface area contributed by atoms with E-state index in [1.54, 1.807) is 12.1 Å². The Balaban J connectivity index is 2.16. The second kappa shape index (κ2) is 4.52. The van der Waals surface area contributed by atoms with Crippen LogP contribution in [0.4, 0.5) is 30.4 Å². The first-order valence-corrected chi connectivity index (χ1v) is 4.97. The van der Waals surface area contributed by atoms with Gasteiger partial charge in [0.15, 0.2) is 0 Å². The Hall–Kier alpha value is -2.31. The first kappa shape index (κ1) is 12.2. The average molecular weight is 254 g/mol. The van der Waals surface area contributed by atoms with Crippen molar-refractivity contribution in [2.75, 3.05) is 11.1 Å². The minimum Gasteiger partial charge on any atom is -0.399 e. The highest BCUT2D eigenvalue weighted by atomic mass is 19.4. The molecule has 2 rings (SSSR count). The molecule has 0 aliphatic rings. The fourth-order valence-corrected chi connectivity index (χ4v) is 1.30. The molecule has 0 aliphatic heterocycles. The molecular weight excluding hydrogens is 245 g/mol. The van der Waals surface area contributed by atoms with Crippen LogP contribution in [0.5, 0.6) is 0 Å². The number of hydrogen-bond acceptors (Lipinski definition) is 4. The van der Waals surface area contributed by atoms with Crippen LogP contribution in [0, 0.1) is 0 Å². The molecule has 0 saturated heterocycles. The van der Waals surface area contributed by atoms with Gasteiger partial charge < -0.3 is 11.1 Å². The van der Waals surface area contributed by atoms with Crippen LogP contribution in [0.15, 0.2) is 36.7 Å².